The Labute approximate surface area is 54.9 Å². The summed E-state index contributed by atoms with van der Waals surface area (Å²) in [5.41, 5.74) is 4.79. The van der Waals surface area contributed by atoms with Crippen molar-refractivity contribution in [3.8, 4) is 0 Å². The van der Waals surface area contributed by atoms with Crippen molar-refractivity contribution >= 4 is 5.91 Å². The fourth-order valence-corrected chi connectivity index (χ4v) is 0.223. The first-order chi connectivity index (χ1) is 3.63. The van der Waals surface area contributed by atoms with Crippen molar-refractivity contribution in [3.05, 3.63) is 12.3 Å². The minimum absolute atomic E-state index is 0. The molecule has 0 aliphatic rings. The summed E-state index contributed by atoms with van der Waals surface area (Å²) in [6, 6.07) is 0. The molecule has 0 bridgehead atoms. The monoisotopic (exact) mass is 131 g/mol. The van der Waals surface area contributed by atoms with Crippen LogP contribution in [0.3, 0.4) is 0 Å². The average molecular weight is 131 g/mol. The third-order valence-electron chi connectivity index (χ3n) is 0.537. The quantitative estimate of drug-likeness (QED) is 0.505. The molecule has 0 spiro atoms. The minimum atomic E-state index is -0.418. The van der Waals surface area contributed by atoms with Gasteiger partial charge >= 0.3 is 0 Å². The topological polar surface area (TPSA) is 81.3 Å². The molecule has 0 saturated heterocycles. The van der Waals surface area contributed by atoms with Crippen molar-refractivity contribution in [2.45, 2.75) is 0 Å². The van der Waals surface area contributed by atoms with Gasteiger partial charge in [-0.25, -0.2) is 0 Å². The third kappa shape index (κ3) is 10.9. The maximum atomic E-state index is 10.0. The number of amides is 1. The van der Waals surface area contributed by atoms with Crippen molar-refractivity contribution in [2.75, 3.05) is 14.1 Å². The molecule has 0 rings (SSSR count). The van der Waals surface area contributed by atoms with Gasteiger partial charge in [-0.3, -0.25) is 4.79 Å². The molecule has 0 atom stereocenters. The Balaban J connectivity index is 0. The Hall–Kier alpha value is -1.03. The standard InChI is InChI=1S/C5H10N2O.H3N/c1-7(2)4-3-5(6)8;/h3-4H,1-2H3,(H2,6,8);1H3. The Morgan fingerprint density at radius 3 is 2.11 bits per heavy atom. The van der Waals surface area contributed by atoms with Crippen LogP contribution in [0.15, 0.2) is 12.3 Å². The van der Waals surface area contributed by atoms with Gasteiger partial charge in [-0.05, 0) is 0 Å². The second-order valence-electron chi connectivity index (χ2n) is 1.68. The summed E-state index contributed by atoms with van der Waals surface area (Å²) in [6.07, 6.45) is 2.91. The van der Waals surface area contributed by atoms with Crippen LogP contribution < -0.4 is 11.9 Å². The molecule has 0 unspecified atom stereocenters. The average Bonchev–Trinajstić information content (AvgIpc) is 1.61. The van der Waals surface area contributed by atoms with E-state index in [2.05, 4.69) is 0 Å². The van der Waals surface area contributed by atoms with Gasteiger partial charge < -0.3 is 16.8 Å². The van der Waals surface area contributed by atoms with Crippen LogP contribution in [0.25, 0.3) is 0 Å². The van der Waals surface area contributed by atoms with Crippen molar-refractivity contribution in [3.63, 3.8) is 0 Å². The number of hydrogen-bond acceptors (Lipinski definition) is 3. The minimum Gasteiger partial charge on any atom is -0.383 e. The molecular formula is C5H13N3O. The summed E-state index contributed by atoms with van der Waals surface area (Å²) in [7, 11) is 3.64. The largest absolute Gasteiger partial charge is 0.383 e. The van der Waals surface area contributed by atoms with Gasteiger partial charge in [0.1, 0.15) is 0 Å². The first-order valence-corrected chi connectivity index (χ1v) is 2.27. The Morgan fingerprint density at radius 1 is 1.56 bits per heavy atom. The lowest BCUT2D eigenvalue weighted by Crippen LogP contribution is -2.09. The van der Waals surface area contributed by atoms with Crippen molar-refractivity contribution in [1.29, 1.82) is 0 Å². The molecule has 54 valence electrons. The van der Waals surface area contributed by atoms with E-state index in [4.69, 9.17) is 5.73 Å². The highest BCUT2D eigenvalue weighted by Crippen LogP contribution is 1.73. The van der Waals surface area contributed by atoms with E-state index < -0.39 is 5.91 Å². The molecule has 1 amide bonds. The molecule has 0 saturated carbocycles. The van der Waals surface area contributed by atoms with Crippen LogP contribution in [0.4, 0.5) is 0 Å². The van der Waals surface area contributed by atoms with E-state index in [1.54, 1.807) is 11.1 Å². The Morgan fingerprint density at radius 2 is 2.00 bits per heavy atom. The van der Waals surface area contributed by atoms with Gasteiger partial charge in [-0.1, -0.05) is 0 Å². The second-order valence-corrected chi connectivity index (χ2v) is 1.68. The van der Waals surface area contributed by atoms with Crippen LogP contribution in [0.2, 0.25) is 0 Å². The number of nitrogens with two attached hydrogens (primary N) is 1. The maximum absolute atomic E-state index is 10.0. The van der Waals surface area contributed by atoms with Crippen LogP contribution in [0, 0.1) is 0 Å². The molecule has 0 aromatic heterocycles. The fourth-order valence-electron chi connectivity index (χ4n) is 0.223. The molecule has 4 heteroatoms. The zero-order valence-corrected chi connectivity index (χ0v) is 5.79. The van der Waals surface area contributed by atoms with Crippen LogP contribution in [0.1, 0.15) is 0 Å². The summed E-state index contributed by atoms with van der Waals surface area (Å²) >= 11 is 0. The number of carbonyl (C=O) groups excluding carboxylic acids is 1. The Bertz CT molecular complexity index is 109. The van der Waals surface area contributed by atoms with E-state index in [-0.39, 0.29) is 6.15 Å². The smallest absolute Gasteiger partial charge is 0.242 e. The van der Waals surface area contributed by atoms with Gasteiger partial charge in [0, 0.05) is 26.4 Å². The summed E-state index contributed by atoms with van der Waals surface area (Å²) in [5.74, 6) is -0.418. The molecule has 0 aromatic rings. The normalized spacial score (nSPS) is 8.67. The maximum Gasteiger partial charge on any atom is 0.242 e. The van der Waals surface area contributed by atoms with Gasteiger partial charge in [0.2, 0.25) is 5.91 Å². The lowest BCUT2D eigenvalue weighted by molar-refractivity contribution is -0.113. The number of hydrogen-bond donors (Lipinski definition) is 2. The summed E-state index contributed by atoms with van der Waals surface area (Å²) in [6.45, 7) is 0. The molecule has 9 heavy (non-hydrogen) atoms. The molecule has 0 heterocycles. The van der Waals surface area contributed by atoms with E-state index >= 15 is 0 Å². The molecular weight excluding hydrogens is 118 g/mol. The van der Waals surface area contributed by atoms with E-state index in [9.17, 15) is 4.79 Å². The summed E-state index contributed by atoms with van der Waals surface area (Å²) in [4.78, 5) is 11.8. The van der Waals surface area contributed by atoms with E-state index in [1.165, 1.54) is 6.08 Å². The Kier molecular flexibility index (Phi) is 6.17. The fraction of sp³-hybridized carbons (Fsp3) is 0.400. The zero-order chi connectivity index (χ0) is 6.57. The van der Waals surface area contributed by atoms with Gasteiger partial charge in [0.25, 0.3) is 0 Å². The zero-order valence-electron chi connectivity index (χ0n) is 5.79. The van der Waals surface area contributed by atoms with Crippen molar-refractivity contribution in [1.82, 2.24) is 11.1 Å². The lowest BCUT2D eigenvalue weighted by atomic mass is 10.6. The summed E-state index contributed by atoms with van der Waals surface area (Å²) < 4.78 is 0. The van der Waals surface area contributed by atoms with Gasteiger partial charge in [0.15, 0.2) is 0 Å². The van der Waals surface area contributed by atoms with Crippen molar-refractivity contribution < 1.29 is 4.79 Å². The van der Waals surface area contributed by atoms with E-state index in [0.717, 1.165) is 0 Å². The highest BCUT2D eigenvalue weighted by molar-refractivity contribution is 5.85. The number of carbonyl (C=O) groups is 1. The first-order valence-electron chi connectivity index (χ1n) is 2.27. The molecule has 4 nitrogen and oxygen atoms in total. The van der Waals surface area contributed by atoms with Crippen molar-refractivity contribution in [2.24, 2.45) is 5.73 Å². The predicted molar refractivity (Wildman–Crippen MR) is 37.0 cm³/mol. The van der Waals surface area contributed by atoms with Crippen LogP contribution in [0.5, 0.6) is 0 Å². The van der Waals surface area contributed by atoms with E-state index in [0.29, 0.717) is 0 Å². The number of primary amides is 1. The summed E-state index contributed by atoms with van der Waals surface area (Å²) in [5, 5.41) is 0. The highest BCUT2D eigenvalue weighted by Gasteiger charge is 1.80. The molecule has 5 N–H and O–H groups in total. The SMILES string of the molecule is CN(C)C=CC(N)=O.N. The molecule has 0 aliphatic heterocycles. The second kappa shape index (κ2) is 5.11. The number of rotatable bonds is 2. The van der Waals surface area contributed by atoms with Crippen LogP contribution in [-0.4, -0.2) is 24.9 Å². The lowest BCUT2D eigenvalue weighted by Gasteiger charge is -2.00. The molecule has 0 radical (unpaired) electrons. The van der Waals surface area contributed by atoms with Crippen LogP contribution in [-0.2, 0) is 4.79 Å². The molecule has 0 aromatic carbocycles. The van der Waals surface area contributed by atoms with Crippen LogP contribution >= 0.6 is 0 Å². The number of nitrogens with zero attached hydrogens (tertiary/aromatic N) is 1. The van der Waals surface area contributed by atoms with Gasteiger partial charge in [-0.2, -0.15) is 0 Å². The predicted octanol–water partition coefficient (Wildman–Crippen LogP) is -0.291. The van der Waals surface area contributed by atoms with Gasteiger partial charge in [-0.15, -0.1) is 0 Å². The molecule has 0 aliphatic carbocycles. The van der Waals surface area contributed by atoms with E-state index in [1.807, 2.05) is 14.1 Å². The highest BCUT2D eigenvalue weighted by atomic mass is 16.1. The van der Waals surface area contributed by atoms with Gasteiger partial charge in [0.05, 0.1) is 0 Å². The third-order valence-corrected chi connectivity index (χ3v) is 0.537. The first kappa shape index (κ1) is 10.9. The molecule has 0 fully saturated rings.